The molecule has 1 fully saturated rings. The average Bonchev–Trinajstić information content (AvgIpc) is 2.64. The van der Waals surface area contributed by atoms with E-state index >= 15 is 0 Å². The highest BCUT2D eigenvalue weighted by atomic mass is 32.2. The Kier molecular flexibility index (Phi) is 2.96. The molecule has 2 N–H and O–H groups in total. The molecule has 1 nitrogen and oxygen atoms in total. The smallest absolute Gasteiger partial charge is 0.124 e. The Morgan fingerprint density at radius 3 is 2.71 bits per heavy atom. The molecule has 76 valence electrons. The lowest BCUT2D eigenvalue weighted by atomic mass is 10.3. The van der Waals surface area contributed by atoms with Crippen LogP contribution in [0.3, 0.4) is 0 Å². The molecule has 1 aliphatic carbocycles. The summed E-state index contributed by atoms with van der Waals surface area (Å²) in [5, 5.41) is 0.638. The van der Waals surface area contributed by atoms with Gasteiger partial charge in [-0.3, -0.25) is 0 Å². The number of nitrogen functional groups attached to an aromatic ring is 1. The second kappa shape index (κ2) is 4.22. The van der Waals surface area contributed by atoms with E-state index in [1.54, 1.807) is 23.9 Å². The maximum atomic E-state index is 13.0. The highest BCUT2D eigenvalue weighted by Gasteiger charge is 2.17. The minimum Gasteiger partial charge on any atom is -0.398 e. The topological polar surface area (TPSA) is 26.0 Å². The molecule has 0 aromatic heterocycles. The Bertz CT molecular complexity index is 321. The van der Waals surface area contributed by atoms with Gasteiger partial charge in [0.15, 0.2) is 0 Å². The molecule has 0 radical (unpaired) electrons. The van der Waals surface area contributed by atoms with Crippen LogP contribution in [0.2, 0.25) is 0 Å². The SMILES string of the molecule is Nc1ccc(F)cc1SC1CCCC1. The lowest BCUT2D eigenvalue weighted by Gasteiger charge is -2.10. The Balaban J connectivity index is 2.10. The van der Waals surface area contributed by atoms with Gasteiger partial charge in [0.2, 0.25) is 0 Å². The first-order valence-electron chi connectivity index (χ1n) is 4.97. The van der Waals surface area contributed by atoms with E-state index in [0.717, 1.165) is 4.90 Å². The average molecular weight is 211 g/mol. The van der Waals surface area contributed by atoms with E-state index < -0.39 is 0 Å². The van der Waals surface area contributed by atoms with Crippen molar-refractivity contribution in [3.63, 3.8) is 0 Å². The maximum absolute atomic E-state index is 13.0. The standard InChI is InChI=1S/C11H14FNS/c12-8-5-6-10(13)11(7-8)14-9-3-1-2-4-9/h5-7,9H,1-4,13H2. The van der Waals surface area contributed by atoms with Crippen LogP contribution in [0.25, 0.3) is 0 Å². The molecule has 0 spiro atoms. The molecular weight excluding hydrogens is 197 g/mol. The van der Waals surface area contributed by atoms with Crippen molar-refractivity contribution in [3.8, 4) is 0 Å². The monoisotopic (exact) mass is 211 g/mol. The second-order valence-corrected chi connectivity index (χ2v) is 5.05. The van der Waals surface area contributed by atoms with Gasteiger partial charge in [0.1, 0.15) is 5.82 Å². The summed E-state index contributed by atoms with van der Waals surface area (Å²) < 4.78 is 13.0. The third-order valence-corrected chi connectivity index (χ3v) is 3.98. The Morgan fingerprint density at radius 2 is 2.00 bits per heavy atom. The fourth-order valence-corrected chi connectivity index (χ4v) is 3.11. The Morgan fingerprint density at radius 1 is 1.29 bits per heavy atom. The molecule has 0 unspecified atom stereocenters. The van der Waals surface area contributed by atoms with Gasteiger partial charge in [-0.1, -0.05) is 12.8 Å². The first kappa shape index (κ1) is 9.84. The van der Waals surface area contributed by atoms with E-state index in [4.69, 9.17) is 5.73 Å². The number of hydrogen-bond donors (Lipinski definition) is 1. The number of rotatable bonds is 2. The van der Waals surface area contributed by atoms with Crippen molar-refractivity contribution in [2.75, 3.05) is 5.73 Å². The summed E-state index contributed by atoms with van der Waals surface area (Å²) in [6.45, 7) is 0. The van der Waals surface area contributed by atoms with Gasteiger partial charge in [-0.25, -0.2) is 4.39 Å². The molecule has 0 amide bonds. The second-order valence-electron chi connectivity index (χ2n) is 3.71. The van der Waals surface area contributed by atoms with Crippen molar-refractivity contribution in [1.29, 1.82) is 0 Å². The van der Waals surface area contributed by atoms with Crippen molar-refractivity contribution in [1.82, 2.24) is 0 Å². The lowest BCUT2D eigenvalue weighted by Crippen LogP contribution is -1.96. The van der Waals surface area contributed by atoms with Crippen molar-refractivity contribution in [2.24, 2.45) is 0 Å². The molecule has 3 heteroatoms. The molecular formula is C11H14FNS. The molecule has 0 aliphatic heterocycles. The fourth-order valence-electron chi connectivity index (χ4n) is 1.80. The fraction of sp³-hybridized carbons (Fsp3) is 0.455. The van der Waals surface area contributed by atoms with E-state index in [1.807, 2.05) is 0 Å². The molecule has 0 bridgehead atoms. The van der Waals surface area contributed by atoms with Crippen LogP contribution in [0.5, 0.6) is 0 Å². The minimum absolute atomic E-state index is 0.195. The number of benzene rings is 1. The quantitative estimate of drug-likeness (QED) is 0.758. The summed E-state index contributed by atoms with van der Waals surface area (Å²) in [6, 6.07) is 4.60. The number of anilines is 1. The molecule has 0 atom stereocenters. The van der Waals surface area contributed by atoms with E-state index in [2.05, 4.69) is 0 Å². The molecule has 0 saturated heterocycles. The summed E-state index contributed by atoms with van der Waals surface area (Å²) in [5.41, 5.74) is 6.48. The molecule has 1 aromatic rings. The number of thioether (sulfide) groups is 1. The first-order chi connectivity index (χ1) is 6.75. The predicted molar refractivity (Wildman–Crippen MR) is 58.9 cm³/mol. The zero-order valence-corrected chi connectivity index (χ0v) is 8.82. The third kappa shape index (κ3) is 2.21. The van der Waals surface area contributed by atoms with Crippen LogP contribution < -0.4 is 5.73 Å². The minimum atomic E-state index is -0.195. The number of halogens is 1. The van der Waals surface area contributed by atoms with E-state index in [9.17, 15) is 4.39 Å². The van der Waals surface area contributed by atoms with Gasteiger partial charge in [0, 0.05) is 15.8 Å². The first-order valence-corrected chi connectivity index (χ1v) is 5.85. The summed E-state index contributed by atoms with van der Waals surface area (Å²) >= 11 is 1.73. The Labute approximate surface area is 87.9 Å². The van der Waals surface area contributed by atoms with Crippen LogP contribution in [0.1, 0.15) is 25.7 Å². The van der Waals surface area contributed by atoms with Gasteiger partial charge in [-0.05, 0) is 31.0 Å². The normalized spacial score (nSPS) is 17.5. The molecule has 14 heavy (non-hydrogen) atoms. The molecule has 1 aromatic carbocycles. The summed E-state index contributed by atoms with van der Waals surface area (Å²) in [5.74, 6) is -0.195. The highest BCUT2D eigenvalue weighted by Crippen LogP contribution is 2.37. The van der Waals surface area contributed by atoms with Crippen molar-refractivity contribution >= 4 is 17.4 Å². The van der Waals surface area contributed by atoms with Gasteiger partial charge in [0.05, 0.1) is 0 Å². The summed E-state index contributed by atoms with van der Waals surface area (Å²) in [4.78, 5) is 0.900. The van der Waals surface area contributed by atoms with Crippen LogP contribution >= 0.6 is 11.8 Å². The van der Waals surface area contributed by atoms with Crippen LogP contribution in [-0.4, -0.2) is 5.25 Å². The summed E-state index contributed by atoms with van der Waals surface area (Å²) in [6.07, 6.45) is 5.07. The van der Waals surface area contributed by atoms with Gasteiger partial charge < -0.3 is 5.73 Å². The van der Waals surface area contributed by atoms with Gasteiger partial charge in [-0.15, -0.1) is 11.8 Å². The largest absolute Gasteiger partial charge is 0.398 e. The van der Waals surface area contributed by atoms with Gasteiger partial charge in [-0.2, -0.15) is 0 Å². The highest BCUT2D eigenvalue weighted by molar-refractivity contribution is 8.00. The van der Waals surface area contributed by atoms with Gasteiger partial charge >= 0.3 is 0 Å². The van der Waals surface area contributed by atoms with Gasteiger partial charge in [0.25, 0.3) is 0 Å². The van der Waals surface area contributed by atoms with Crippen molar-refractivity contribution in [2.45, 2.75) is 35.8 Å². The summed E-state index contributed by atoms with van der Waals surface area (Å²) in [7, 11) is 0. The number of nitrogens with two attached hydrogens (primary N) is 1. The van der Waals surface area contributed by atoms with Crippen LogP contribution in [0.4, 0.5) is 10.1 Å². The number of hydrogen-bond acceptors (Lipinski definition) is 2. The zero-order valence-electron chi connectivity index (χ0n) is 8.00. The van der Waals surface area contributed by atoms with Crippen molar-refractivity contribution in [3.05, 3.63) is 24.0 Å². The van der Waals surface area contributed by atoms with Crippen LogP contribution in [0, 0.1) is 5.82 Å². The van der Waals surface area contributed by atoms with E-state index in [-0.39, 0.29) is 5.82 Å². The van der Waals surface area contributed by atoms with E-state index in [1.165, 1.54) is 31.7 Å². The van der Waals surface area contributed by atoms with Crippen LogP contribution in [-0.2, 0) is 0 Å². The Hall–Kier alpha value is -0.700. The molecule has 0 heterocycles. The zero-order chi connectivity index (χ0) is 9.97. The predicted octanol–water partition coefficient (Wildman–Crippen LogP) is 3.44. The van der Waals surface area contributed by atoms with Crippen molar-refractivity contribution < 1.29 is 4.39 Å². The molecule has 1 aliphatic rings. The molecule has 1 saturated carbocycles. The maximum Gasteiger partial charge on any atom is 0.124 e. The molecule has 2 rings (SSSR count). The third-order valence-electron chi connectivity index (χ3n) is 2.57. The van der Waals surface area contributed by atoms with E-state index in [0.29, 0.717) is 10.9 Å². The lowest BCUT2D eigenvalue weighted by molar-refractivity contribution is 0.624. The van der Waals surface area contributed by atoms with Crippen LogP contribution in [0.15, 0.2) is 23.1 Å².